The lowest BCUT2D eigenvalue weighted by Gasteiger charge is -2.09. The molecule has 4 aromatic rings. The summed E-state index contributed by atoms with van der Waals surface area (Å²) in [7, 11) is 0. The third-order valence-electron chi connectivity index (χ3n) is 3.32. The highest BCUT2D eigenvalue weighted by Gasteiger charge is 2.14. The zero-order chi connectivity index (χ0) is 15.5. The van der Waals surface area contributed by atoms with Gasteiger partial charge in [-0.25, -0.2) is 0 Å². The molecule has 6 heteroatoms. The van der Waals surface area contributed by atoms with Crippen molar-refractivity contribution in [3.8, 4) is 28.8 Å². The van der Waals surface area contributed by atoms with Gasteiger partial charge in [-0.2, -0.15) is 4.68 Å². The maximum atomic E-state index is 5.93. The topological polar surface area (TPSA) is 66.0 Å². The molecule has 0 atom stereocenters. The quantitative estimate of drug-likeness (QED) is 0.575. The van der Waals surface area contributed by atoms with E-state index in [-0.39, 0.29) is 6.01 Å². The lowest BCUT2D eigenvalue weighted by Crippen LogP contribution is -2.00. The van der Waals surface area contributed by atoms with Gasteiger partial charge in [0.25, 0.3) is 0 Å². The monoisotopic (exact) mass is 304 g/mol. The van der Waals surface area contributed by atoms with Gasteiger partial charge in [0, 0.05) is 0 Å². The number of para-hydroxylation sites is 2. The third-order valence-corrected chi connectivity index (χ3v) is 3.32. The van der Waals surface area contributed by atoms with Crippen LogP contribution in [0.15, 0.2) is 77.4 Å². The minimum absolute atomic E-state index is 0.287. The van der Waals surface area contributed by atoms with Crippen molar-refractivity contribution in [2.24, 2.45) is 0 Å². The Morgan fingerprint density at radius 3 is 2.52 bits per heavy atom. The molecule has 0 spiro atoms. The smallest absolute Gasteiger partial charge is 0.345 e. The molecule has 23 heavy (non-hydrogen) atoms. The van der Waals surface area contributed by atoms with E-state index < -0.39 is 0 Å². The molecule has 6 nitrogen and oxygen atoms in total. The minimum Gasteiger partial charge on any atom is -0.464 e. The van der Waals surface area contributed by atoms with Crippen molar-refractivity contribution in [3.05, 3.63) is 73.0 Å². The summed E-state index contributed by atoms with van der Waals surface area (Å²) in [5.74, 6) is 1.34. The van der Waals surface area contributed by atoms with Crippen LogP contribution in [0.25, 0.3) is 17.0 Å². The molecule has 0 radical (unpaired) electrons. The highest BCUT2D eigenvalue weighted by Crippen LogP contribution is 2.32. The van der Waals surface area contributed by atoms with E-state index in [2.05, 4.69) is 15.5 Å². The van der Waals surface area contributed by atoms with E-state index in [1.54, 1.807) is 10.9 Å². The third kappa shape index (κ3) is 2.57. The number of rotatable bonds is 4. The Kier molecular flexibility index (Phi) is 3.32. The van der Waals surface area contributed by atoms with Crippen LogP contribution in [0.4, 0.5) is 0 Å². The first-order valence-corrected chi connectivity index (χ1v) is 7.06. The van der Waals surface area contributed by atoms with Gasteiger partial charge in [0.15, 0.2) is 0 Å². The molecule has 2 heterocycles. The number of benzene rings is 2. The lowest BCUT2D eigenvalue weighted by atomic mass is 10.1. The molecule has 0 saturated carbocycles. The highest BCUT2D eigenvalue weighted by atomic mass is 16.5. The second-order valence-corrected chi connectivity index (χ2v) is 4.78. The van der Waals surface area contributed by atoms with Crippen LogP contribution in [-0.2, 0) is 0 Å². The van der Waals surface area contributed by atoms with Crippen LogP contribution in [0.1, 0.15) is 0 Å². The molecular weight excluding hydrogens is 292 g/mol. The Bertz CT molecular complexity index is 901. The van der Waals surface area contributed by atoms with Crippen molar-refractivity contribution >= 4 is 0 Å². The number of ether oxygens (including phenoxy) is 1. The summed E-state index contributed by atoms with van der Waals surface area (Å²) >= 11 is 0. The fraction of sp³-hybridized carbons (Fsp3) is 0. The van der Waals surface area contributed by atoms with E-state index in [4.69, 9.17) is 9.15 Å². The molecule has 0 fully saturated rings. The number of tetrazole rings is 1. The van der Waals surface area contributed by atoms with Gasteiger partial charge >= 0.3 is 6.01 Å². The zero-order valence-corrected chi connectivity index (χ0v) is 12.0. The van der Waals surface area contributed by atoms with Gasteiger partial charge in [0.1, 0.15) is 11.5 Å². The number of nitrogens with zero attached hydrogens (tertiary/aromatic N) is 4. The number of hydrogen-bond acceptors (Lipinski definition) is 5. The van der Waals surface area contributed by atoms with Crippen molar-refractivity contribution < 1.29 is 9.15 Å². The Morgan fingerprint density at radius 2 is 1.70 bits per heavy atom. The Labute approximate surface area is 131 Å². The fourth-order valence-electron chi connectivity index (χ4n) is 2.26. The molecule has 0 N–H and O–H groups in total. The summed E-state index contributed by atoms with van der Waals surface area (Å²) in [6.45, 7) is 0. The van der Waals surface area contributed by atoms with Crippen molar-refractivity contribution in [3.63, 3.8) is 0 Å². The predicted molar refractivity (Wildman–Crippen MR) is 83.4 cm³/mol. The number of hydrogen-bond donors (Lipinski definition) is 0. The first-order valence-electron chi connectivity index (χ1n) is 7.06. The number of furan rings is 1. The summed E-state index contributed by atoms with van der Waals surface area (Å²) in [5.41, 5.74) is 1.66. The van der Waals surface area contributed by atoms with Gasteiger partial charge in [0.05, 0.1) is 17.5 Å². The van der Waals surface area contributed by atoms with E-state index in [1.807, 2.05) is 66.7 Å². The van der Waals surface area contributed by atoms with E-state index in [0.717, 1.165) is 17.0 Å². The van der Waals surface area contributed by atoms with E-state index in [1.165, 1.54) is 0 Å². The molecule has 112 valence electrons. The molecule has 2 aromatic carbocycles. The Balaban J connectivity index is 1.72. The summed E-state index contributed by atoms with van der Waals surface area (Å²) < 4.78 is 12.9. The second-order valence-electron chi connectivity index (χ2n) is 4.78. The first kappa shape index (κ1) is 13.3. The summed E-state index contributed by atoms with van der Waals surface area (Å²) in [6, 6.07) is 21.1. The highest BCUT2D eigenvalue weighted by molar-refractivity contribution is 5.66. The standard InChI is InChI=1S/C17H12N4O2/c1-2-7-13(8-3-1)21-17(18-19-20-21)23-16-10-5-4-9-14(16)15-11-6-12-22-15/h1-12H. The van der Waals surface area contributed by atoms with Crippen LogP contribution in [-0.4, -0.2) is 20.2 Å². The largest absolute Gasteiger partial charge is 0.464 e. The fourth-order valence-corrected chi connectivity index (χ4v) is 2.26. The Hall–Kier alpha value is -3.41. The van der Waals surface area contributed by atoms with Crippen LogP contribution in [0.3, 0.4) is 0 Å². The van der Waals surface area contributed by atoms with Crippen molar-refractivity contribution in [2.45, 2.75) is 0 Å². The second kappa shape index (κ2) is 5.76. The average molecular weight is 304 g/mol. The van der Waals surface area contributed by atoms with Crippen LogP contribution in [0.5, 0.6) is 11.8 Å². The van der Waals surface area contributed by atoms with Gasteiger partial charge in [-0.05, 0) is 46.8 Å². The molecule has 0 aliphatic heterocycles. The normalized spacial score (nSPS) is 10.6. The van der Waals surface area contributed by atoms with Gasteiger partial charge in [0.2, 0.25) is 0 Å². The van der Waals surface area contributed by atoms with Gasteiger partial charge in [-0.1, -0.05) is 35.4 Å². The van der Waals surface area contributed by atoms with Gasteiger partial charge in [-0.3, -0.25) is 0 Å². The van der Waals surface area contributed by atoms with Gasteiger partial charge in [-0.15, -0.1) is 0 Å². The van der Waals surface area contributed by atoms with E-state index >= 15 is 0 Å². The molecule has 0 amide bonds. The Morgan fingerprint density at radius 1 is 0.870 bits per heavy atom. The van der Waals surface area contributed by atoms with Crippen LogP contribution < -0.4 is 4.74 Å². The van der Waals surface area contributed by atoms with Gasteiger partial charge < -0.3 is 9.15 Å². The summed E-state index contributed by atoms with van der Waals surface area (Å²) in [4.78, 5) is 0. The maximum Gasteiger partial charge on any atom is 0.345 e. The summed E-state index contributed by atoms with van der Waals surface area (Å²) in [5, 5.41) is 11.6. The zero-order valence-electron chi connectivity index (χ0n) is 12.0. The molecule has 2 aromatic heterocycles. The lowest BCUT2D eigenvalue weighted by molar-refractivity contribution is 0.427. The van der Waals surface area contributed by atoms with E-state index in [9.17, 15) is 0 Å². The maximum absolute atomic E-state index is 5.93. The molecule has 0 bridgehead atoms. The predicted octanol–water partition coefficient (Wildman–Crippen LogP) is 3.71. The minimum atomic E-state index is 0.287. The number of aromatic nitrogens is 4. The van der Waals surface area contributed by atoms with Crippen molar-refractivity contribution in [2.75, 3.05) is 0 Å². The van der Waals surface area contributed by atoms with Crippen LogP contribution in [0.2, 0.25) is 0 Å². The molecule has 4 rings (SSSR count). The summed E-state index contributed by atoms with van der Waals surface area (Å²) in [6.07, 6.45) is 1.63. The molecule has 0 saturated heterocycles. The molecular formula is C17H12N4O2. The van der Waals surface area contributed by atoms with Crippen molar-refractivity contribution in [1.82, 2.24) is 20.2 Å². The van der Waals surface area contributed by atoms with Crippen molar-refractivity contribution in [1.29, 1.82) is 0 Å². The molecule has 0 aliphatic rings. The van der Waals surface area contributed by atoms with Crippen LogP contribution in [0, 0.1) is 0 Å². The van der Waals surface area contributed by atoms with E-state index in [0.29, 0.717) is 5.75 Å². The molecule has 0 aliphatic carbocycles. The van der Waals surface area contributed by atoms with Crippen LogP contribution >= 0.6 is 0 Å². The average Bonchev–Trinajstić information content (AvgIpc) is 3.28. The molecule has 0 unspecified atom stereocenters. The SMILES string of the molecule is c1ccc(-n2nnnc2Oc2ccccc2-c2ccco2)cc1. The first-order chi connectivity index (χ1) is 11.4.